The lowest BCUT2D eigenvalue weighted by molar-refractivity contribution is -0.485. The zero-order valence-corrected chi connectivity index (χ0v) is 11.9. The Hall–Kier alpha value is -2.93. The molecule has 0 radical (unpaired) electrons. The number of carbonyl (C=O) groups excluding carboxylic acids is 1. The van der Waals surface area contributed by atoms with Crippen molar-refractivity contribution in [2.75, 3.05) is 6.54 Å². The van der Waals surface area contributed by atoms with Gasteiger partial charge >= 0.3 is 0 Å². The number of ketones is 1. The van der Waals surface area contributed by atoms with Gasteiger partial charge in [-0.15, -0.1) is 0 Å². The summed E-state index contributed by atoms with van der Waals surface area (Å²) >= 11 is 0. The smallest absolute Gasteiger partial charge is 0.217 e. The zero-order valence-electron chi connectivity index (χ0n) is 11.9. The number of carbonyl (C=O) groups is 1. The molecule has 1 atom stereocenters. The van der Waals surface area contributed by atoms with Gasteiger partial charge in [-0.1, -0.05) is 60.4 Å². The summed E-state index contributed by atoms with van der Waals surface area (Å²) in [4.78, 5) is 22.5. The van der Waals surface area contributed by atoms with Crippen molar-refractivity contribution in [1.29, 1.82) is 0 Å². The van der Waals surface area contributed by atoms with Crippen LogP contribution in [0, 0.1) is 27.9 Å². The van der Waals surface area contributed by atoms with Gasteiger partial charge < -0.3 is 0 Å². The van der Waals surface area contributed by atoms with Crippen molar-refractivity contribution in [1.82, 2.24) is 0 Å². The number of nitro groups is 1. The van der Waals surface area contributed by atoms with Crippen molar-refractivity contribution in [2.24, 2.45) is 5.92 Å². The Morgan fingerprint density at radius 2 is 1.64 bits per heavy atom. The molecule has 0 heterocycles. The Morgan fingerprint density at radius 3 is 2.23 bits per heavy atom. The number of rotatable bonds is 5. The van der Waals surface area contributed by atoms with Crippen molar-refractivity contribution in [3.8, 4) is 11.8 Å². The highest BCUT2D eigenvalue weighted by Crippen LogP contribution is 2.10. The number of benzene rings is 2. The largest absolute Gasteiger partial charge is 0.294 e. The van der Waals surface area contributed by atoms with Crippen LogP contribution in [0.5, 0.6) is 0 Å². The van der Waals surface area contributed by atoms with Gasteiger partial charge in [0, 0.05) is 22.5 Å². The van der Waals surface area contributed by atoms with Gasteiger partial charge in [0.05, 0.1) is 5.92 Å². The first-order chi connectivity index (χ1) is 10.6. The Morgan fingerprint density at radius 1 is 1.05 bits per heavy atom. The Kier molecular flexibility index (Phi) is 5.44. The van der Waals surface area contributed by atoms with Gasteiger partial charge in [-0.05, 0) is 12.1 Å². The fourth-order valence-electron chi connectivity index (χ4n) is 2.01. The highest BCUT2D eigenvalue weighted by Gasteiger charge is 2.18. The Bertz CT molecular complexity index is 699. The molecule has 0 aromatic heterocycles. The van der Waals surface area contributed by atoms with Gasteiger partial charge in [0.15, 0.2) is 5.78 Å². The molecule has 2 aromatic carbocycles. The molecule has 0 saturated heterocycles. The molecule has 0 fully saturated rings. The average molecular weight is 293 g/mol. The number of hydrogen-bond donors (Lipinski definition) is 0. The molecule has 1 unspecified atom stereocenters. The first kappa shape index (κ1) is 15.5. The van der Waals surface area contributed by atoms with Gasteiger partial charge in [0.2, 0.25) is 6.54 Å². The van der Waals surface area contributed by atoms with Gasteiger partial charge in [-0.2, -0.15) is 0 Å². The minimum atomic E-state index is -0.595. The summed E-state index contributed by atoms with van der Waals surface area (Å²) in [5.41, 5.74) is 1.33. The van der Waals surface area contributed by atoms with Crippen LogP contribution in [0.3, 0.4) is 0 Å². The number of Topliss-reactive ketones (excluding diaryl/α,β-unsaturated/α-hetero) is 1. The normalized spacial score (nSPS) is 11.1. The van der Waals surface area contributed by atoms with E-state index in [-0.39, 0.29) is 18.7 Å². The van der Waals surface area contributed by atoms with Crippen LogP contribution in [0.4, 0.5) is 0 Å². The van der Waals surface area contributed by atoms with Crippen LogP contribution >= 0.6 is 0 Å². The third-order valence-electron chi connectivity index (χ3n) is 3.09. The predicted molar refractivity (Wildman–Crippen MR) is 84.1 cm³/mol. The third kappa shape index (κ3) is 4.88. The minimum Gasteiger partial charge on any atom is -0.294 e. The Labute approximate surface area is 128 Å². The molecule has 0 amide bonds. The fourth-order valence-corrected chi connectivity index (χ4v) is 2.01. The third-order valence-corrected chi connectivity index (χ3v) is 3.09. The maximum absolute atomic E-state index is 12.2. The highest BCUT2D eigenvalue weighted by molar-refractivity contribution is 5.96. The van der Waals surface area contributed by atoms with Crippen LogP contribution in [-0.4, -0.2) is 17.3 Å². The first-order valence-corrected chi connectivity index (χ1v) is 6.92. The average Bonchev–Trinajstić information content (AvgIpc) is 2.54. The van der Waals surface area contributed by atoms with Gasteiger partial charge in [-0.3, -0.25) is 14.9 Å². The highest BCUT2D eigenvalue weighted by atomic mass is 16.6. The molecule has 0 N–H and O–H groups in total. The van der Waals surface area contributed by atoms with Crippen molar-refractivity contribution in [2.45, 2.75) is 6.42 Å². The number of nitrogens with zero attached hydrogens (tertiary/aromatic N) is 1. The van der Waals surface area contributed by atoms with E-state index in [4.69, 9.17) is 0 Å². The van der Waals surface area contributed by atoms with E-state index < -0.39 is 10.8 Å². The molecule has 0 spiro atoms. The maximum atomic E-state index is 12.2. The molecule has 0 aliphatic heterocycles. The topological polar surface area (TPSA) is 60.2 Å². The summed E-state index contributed by atoms with van der Waals surface area (Å²) < 4.78 is 0. The second-order valence-corrected chi connectivity index (χ2v) is 4.84. The van der Waals surface area contributed by atoms with E-state index in [0.29, 0.717) is 5.56 Å². The molecule has 0 saturated carbocycles. The zero-order chi connectivity index (χ0) is 15.8. The van der Waals surface area contributed by atoms with E-state index in [1.54, 1.807) is 24.3 Å². The van der Waals surface area contributed by atoms with E-state index in [0.717, 1.165) is 5.56 Å². The summed E-state index contributed by atoms with van der Waals surface area (Å²) in [6.45, 7) is -0.335. The molecule has 110 valence electrons. The molecule has 4 heteroatoms. The van der Waals surface area contributed by atoms with Gasteiger partial charge in [0.25, 0.3) is 0 Å². The van der Waals surface area contributed by atoms with E-state index in [2.05, 4.69) is 11.8 Å². The van der Waals surface area contributed by atoms with E-state index in [1.807, 2.05) is 36.4 Å². The lowest BCUT2D eigenvalue weighted by Crippen LogP contribution is -2.17. The molecule has 0 aliphatic rings. The SMILES string of the molecule is O=C(CC(C#Cc1ccccc1)C[N+](=O)[O-])c1ccccc1. The van der Waals surface area contributed by atoms with Crippen molar-refractivity contribution < 1.29 is 9.72 Å². The standard InChI is InChI=1S/C18H15NO3/c20-18(17-9-5-2-6-10-17)13-16(14-19(21)22)12-11-15-7-3-1-4-8-15/h1-10,16H,13-14H2. The van der Waals surface area contributed by atoms with E-state index in [9.17, 15) is 14.9 Å². The quantitative estimate of drug-likeness (QED) is 0.368. The summed E-state index contributed by atoms with van der Waals surface area (Å²) in [6, 6.07) is 18.0. The summed E-state index contributed by atoms with van der Waals surface area (Å²) in [7, 11) is 0. The predicted octanol–water partition coefficient (Wildman–Crippen LogP) is 3.20. The molecule has 22 heavy (non-hydrogen) atoms. The summed E-state index contributed by atoms with van der Waals surface area (Å²) in [6.07, 6.45) is 0.0465. The van der Waals surface area contributed by atoms with E-state index >= 15 is 0 Å². The second kappa shape index (κ2) is 7.75. The van der Waals surface area contributed by atoms with E-state index in [1.165, 1.54) is 0 Å². The molecular formula is C18H15NO3. The maximum Gasteiger partial charge on any atom is 0.217 e. The van der Waals surface area contributed by atoms with Crippen LogP contribution in [0.1, 0.15) is 22.3 Å². The van der Waals surface area contributed by atoms with Crippen LogP contribution in [0.2, 0.25) is 0 Å². The monoisotopic (exact) mass is 293 g/mol. The molecule has 0 bridgehead atoms. The fraction of sp³-hybridized carbons (Fsp3) is 0.167. The molecule has 0 aliphatic carbocycles. The Balaban J connectivity index is 2.12. The van der Waals surface area contributed by atoms with Crippen LogP contribution in [0.25, 0.3) is 0 Å². The second-order valence-electron chi connectivity index (χ2n) is 4.84. The first-order valence-electron chi connectivity index (χ1n) is 6.92. The molecule has 4 nitrogen and oxygen atoms in total. The molecule has 2 aromatic rings. The van der Waals surface area contributed by atoms with Gasteiger partial charge in [0.1, 0.15) is 0 Å². The van der Waals surface area contributed by atoms with Crippen LogP contribution in [0.15, 0.2) is 60.7 Å². The van der Waals surface area contributed by atoms with Crippen LogP contribution < -0.4 is 0 Å². The summed E-state index contributed by atoms with van der Waals surface area (Å²) in [5, 5.41) is 10.8. The van der Waals surface area contributed by atoms with Crippen molar-refractivity contribution in [3.05, 3.63) is 81.9 Å². The lowest BCUT2D eigenvalue weighted by atomic mass is 9.98. The molecular weight excluding hydrogens is 278 g/mol. The number of hydrogen-bond acceptors (Lipinski definition) is 3. The van der Waals surface area contributed by atoms with Crippen LogP contribution in [-0.2, 0) is 0 Å². The minimum absolute atomic E-state index is 0.0465. The van der Waals surface area contributed by atoms with Crippen molar-refractivity contribution in [3.63, 3.8) is 0 Å². The molecule has 2 rings (SSSR count). The lowest BCUT2D eigenvalue weighted by Gasteiger charge is -2.05. The summed E-state index contributed by atoms with van der Waals surface area (Å²) in [5.74, 6) is 5.03. The van der Waals surface area contributed by atoms with Crippen molar-refractivity contribution >= 4 is 5.78 Å². The van der Waals surface area contributed by atoms with Gasteiger partial charge in [-0.25, -0.2) is 0 Å².